The van der Waals surface area contributed by atoms with E-state index in [1.54, 1.807) is 0 Å². The molecule has 0 radical (unpaired) electrons. The van der Waals surface area contributed by atoms with Gasteiger partial charge in [-0.2, -0.15) is 5.10 Å². The fraction of sp³-hybridized carbons (Fsp3) is 0.550. The molecule has 3 heterocycles. The molecule has 270 valence electrons. The number of aryl methyl sites for hydroxylation is 3. The number of nitrogens with zero attached hydrogens (tertiary/aromatic N) is 5. The predicted octanol–water partition coefficient (Wildman–Crippen LogP) is 9.17. The molecule has 1 aromatic carbocycles. The van der Waals surface area contributed by atoms with Gasteiger partial charge in [-0.15, -0.1) is 0 Å². The summed E-state index contributed by atoms with van der Waals surface area (Å²) in [5.41, 5.74) is 12.4. The van der Waals surface area contributed by atoms with Crippen molar-refractivity contribution in [3.63, 3.8) is 0 Å². The number of fused-ring (bicyclic) bond motifs is 1. The number of pyridine rings is 1. The Morgan fingerprint density at radius 1 is 1.06 bits per heavy atom. The number of ether oxygens (including phenoxy) is 1. The summed E-state index contributed by atoms with van der Waals surface area (Å²) in [6.07, 6.45) is 11.0. The first kappa shape index (κ1) is 41.2. The molecule has 9 nitrogen and oxygen atoms in total. The Bertz CT molecular complexity index is 1570. The highest BCUT2D eigenvalue weighted by molar-refractivity contribution is 5.95. The highest BCUT2D eigenvalue weighted by atomic mass is 16.5. The topological polar surface area (TPSA) is 98.9 Å². The van der Waals surface area contributed by atoms with E-state index in [1.165, 1.54) is 34.0 Å². The molecule has 4 rings (SSSR count). The van der Waals surface area contributed by atoms with Crippen molar-refractivity contribution in [1.29, 1.82) is 0 Å². The lowest BCUT2D eigenvalue weighted by Crippen LogP contribution is -2.30. The number of aromatic nitrogens is 5. The summed E-state index contributed by atoms with van der Waals surface area (Å²) in [5, 5.41) is 6.01. The Morgan fingerprint density at radius 3 is 2.47 bits per heavy atom. The maximum absolute atomic E-state index is 10.3. The molecule has 0 saturated heterocycles. The first-order valence-corrected chi connectivity index (χ1v) is 18.4. The molecule has 3 aromatic heterocycles. The molecule has 9 heteroatoms. The molecule has 0 fully saturated rings. The molecule has 0 aliphatic carbocycles. The van der Waals surface area contributed by atoms with Crippen LogP contribution < -0.4 is 10.9 Å². The van der Waals surface area contributed by atoms with Gasteiger partial charge in [0.2, 0.25) is 6.41 Å². The minimum atomic E-state index is -0.121. The van der Waals surface area contributed by atoms with E-state index in [1.807, 2.05) is 45.6 Å². The third kappa shape index (κ3) is 11.0. The molecule has 1 amide bonds. The van der Waals surface area contributed by atoms with Crippen molar-refractivity contribution in [3.05, 3.63) is 66.5 Å². The molecular formula is C40H63N7O2. The number of rotatable bonds is 19. The van der Waals surface area contributed by atoms with E-state index in [2.05, 4.69) is 86.9 Å². The molecular weight excluding hydrogens is 610 g/mol. The summed E-state index contributed by atoms with van der Waals surface area (Å²) >= 11 is 0. The van der Waals surface area contributed by atoms with Crippen molar-refractivity contribution >= 4 is 17.3 Å². The minimum absolute atomic E-state index is 0.121. The van der Waals surface area contributed by atoms with Crippen molar-refractivity contribution in [2.75, 3.05) is 13.2 Å². The Balaban J connectivity index is 0.00000201. The molecule has 0 saturated carbocycles. The average Bonchev–Trinajstić information content (AvgIpc) is 3.65. The number of hydrazine groups is 1. The van der Waals surface area contributed by atoms with Crippen LogP contribution in [-0.2, 0) is 36.0 Å². The number of unbranched alkanes of at least 4 members (excludes halogenated alkanes) is 3. The van der Waals surface area contributed by atoms with Gasteiger partial charge < -0.3 is 9.30 Å². The minimum Gasteiger partial charge on any atom is -0.501 e. The summed E-state index contributed by atoms with van der Waals surface area (Å²) < 4.78 is 10.1. The van der Waals surface area contributed by atoms with E-state index in [0.29, 0.717) is 18.9 Å². The van der Waals surface area contributed by atoms with Crippen molar-refractivity contribution in [1.82, 2.24) is 35.2 Å². The summed E-state index contributed by atoms with van der Waals surface area (Å²) in [6, 6.07) is 11.0. The van der Waals surface area contributed by atoms with Crippen LogP contribution in [0.1, 0.15) is 117 Å². The fourth-order valence-corrected chi connectivity index (χ4v) is 6.16. The number of hydrogen-bond donors (Lipinski definition) is 2. The van der Waals surface area contributed by atoms with Crippen LogP contribution in [0.15, 0.2) is 49.4 Å². The van der Waals surface area contributed by atoms with Gasteiger partial charge >= 0.3 is 0 Å². The standard InChI is InChI=1S/C36H51N7O2.2C2H6/c1-8-26(4)33-28(16-15-20-37-33)34-30(23-36(5,6)24-45-10-3)29-22-27(18-19-31(29)43(34)9-2)35-40-32(41-42(35)7)17-13-11-12-14-21-38-39-25-44;2*1-2/h10,15-16,18-20,22,25-26,38H,3,8-9,11-14,17,21,23-24H2,1-2,4-7H3,(H,39,44);2*1-2H3. The van der Waals surface area contributed by atoms with Crippen LogP contribution in [0.2, 0.25) is 0 Å². The summed E-state index contributed by atoms with van der Waals surface area (Å²) in [6.45, 7) is 25.2. The van der Waals surface area contributed by atoms with E-state index in [-0.39, 0.29) is 5.41 Å². The van der Waals surface area contributed by atoms with Crippen LogP contribution in [0.3, 0.4) is 0 Å². The SMILES string of the molecule is C=COCC(C)(C)Cc1c(-c2cccnc2C(C)CC)n(CC)c2ccc(-c3nc(CCCCCCNNC=O)nn3C)cc12.CC.CC. The van der Waals surface area contributed by atoms with E-state index in [4.69, 9.17) is 19.8 Å². The molecule has 2 N–H and O–H groups in total. The van der Waals surface area contributed by atoms with Gasteiger partial charge in [0.15, 0.2) is 11.6 Å². The van der Waals surface area contributed by atoms with E-state index < -0.39 is 0 Å². The van der Waals surface area contributed by atoms with Crippen LogP contribution in [-0.4, -0.2) is 43.9 Å². The maximum Gasteiger partial charge on any atom is 0.221 e. The zero-order chi connectivity index (χ0) is 36.4. The third-order valence-electron chi connectivity index (χ3n) is 8.58. The first-order valence-electron chi connectivity index (χ1n) is 18.4. The van der Waals surface area contributed by atoms with Gasteiger partial charge in [-0.3, -0.25) is 15.2 Å². The van der Waals surface area contributed by atoms with Crippen molar-refractivity contribution < 1.29 is 9.53 Å². The van der Waals surface area contributed by atoms with Crippen LogP contribution >= 0.6 is 0 Å². The largest absolute Gasteiger partial charge is 0.501 e. The predicted molar refractivity (Wildman–Crippen MR) is 205 cm³/mol. The van der Waals surface area contributed by atoms with Gasteiger partial charge in [0.05, 0.1) is 24.3 Å². The normalized spacial score (nSPS) is 11.6. The van der Waals surface area contributed by atoms with Crippen molar-refractivity contribution in [3.8, 4) is 22.6 Å². The third-order valence-corrected chi connectivity index (χ3v) is 8.58. The second-order valence-electron chi connectivity index (χ2n) is 12.7. The highest BCUT2D eigenvalue weighted by Gasteiger charge is 2.28. The van der Waals surface area contributed by atoms with E-state index in [9.17, 15) is 4.79 Å². The lowest BCUT2D eigenvalue weighted by molar-refractivity contribution is -0.110. The molecule has 1 unspecified atom stereocenters. The molecule has 49 heavy (non-hydrogen) atoms. The molecule has 0 bridgehead atoms. The van der Waals surface area contributed by atoms with Gasteiger partial charge in [0.1, 0.15) is 0 Å². The van der Waals surface area contributed by atoms with Gasteiger partial charge in [0, 0.05) is 60.2 Å². The van der Waals surface area contributed by atoms with Crippen LogP contribution in [0.25, 0.3) is 33.5 Å². The quantitative estimate of drug-likeness (QED) is 0.0446. The van der Waals surface area contributed by atoms with Crippen molar-refractivity contribution in [2.24, 2.45) is 12.5 Å². The van der Waals surface area contributed by atoms with Crippen LogP contribution in [0.4, 0.5) is 0 Å². The second-order valence-corrected chi connectivity index (χ2v) is 12.7. The highest BCUT2D eigenvalue weighted by Crippen LogP contribution is 2.41. The lowest BCUT2D eigenvalue weighted by Gasteiger charge is -2.25. The number of amides is 1. The smallest absolute Gasteiger partial charge is 0.221 e. The van der Waals surface area contributed by atoms with Gasteiger partial charge in [-0.25, -0.2) is 15.1 Å². The summed E-state index contributed by atoms with van der Waals surface area (Å²) in [7, 11) is 1.98. The monoisotopic (exact) mass is 674 g/mol. The molecule has 0 spiro atoms. The Hall–Kier alpha value is -3.98. The molecule has 0 aliphatic heterocycles. The Morgan fingerprint density at radius 2 is 1.80 bits per heavy atom. The Labute approximate surface area is 295 Å². The number of hydrogen-bond acceptors (Lipinski definition) is 6. The molecule has 0 aliphatic rings. The van der Waals surface area contributed by atoms with Crippen LogP contribution in [0, 0.1) is 5.41 Å². The zero-order valence-corrected chi connectivity index (χ0v) is 32.0. The summed E-state index contributed by atoms with van der Waals surface area (Å²) in [5.74, 6) is 2.10. The fourth-order valence-electron chi connectivity index (χ4n) is 6.16. The maximum atomic E-state index is 10.3. The first-order chi connectivity index (χ1) is 23.7. The van der Waals surface area contributed by atoms with Gasteiger partial charge in [-0.05, 0) is 74.4 Å². The summed E-state index contributed by atoms with van der Waals surface area (Å²) in [4.78, 5) is 20.2. The zero-order valence-electron chi connectivity index (χ0n) is 32.0. The Kier molecular flexibility index (Phi) is 17.8. The second kappa shape index (κ2) is 21.2. The van der Waals surface area contributed by atoms with Gasteiger partial charge in [-0.1, -0.05) is 74.8 Å². The van der Waals surface area contributed by atoms with E-state index in [0.717, 1.165) is 80.9 Å². The van der Waals surface area contributed by atoms with E-state index >= 15 is 0 Å². The number of carbonyl (C=O) groups is 1. The van der Waals surface area contributed by atoms with Crippen molar-refractivity contribution in [2.45, 2.75) is 120 Å². The molecule has 1 atom stereocenters. The average molecular weight is 674 g/mol. The molecule has 4 aromatic rings. The number of benzene rings is 1. The van der Waals surface area contributed by atoms with Crippen LogP contribution in [0.5, 0.6) is 0 Å². The lowest BCUT2D eigenvalue weighted by atomic mass is 9.84. The van der Waals surface area contributed by atoms with Gasteiger partial charge in [0.25, 0.3) is 0 Å². The number of nitrogens with one attached hydrogen (secondary N) is 2. The number of carbonyl (C=O) groups excluding carboxylic acids is 1.